The van der Waals surface area contributed by atoms with E-state index >= 15 is 0 Å². The van der Waals surface area contributed by atoms with Gasteiger partial charge in [0.15, 0.2) is 0 Å². The zero-order valence-electron chi connectivity index (χ0n) is 10.4. The molecule has 0 aliphatic carbocycles. The average Bonchev–Trinajstić information content (AvgIpc) is 2.30. The van der Waals surface area contributed by atoms with Crippen LogP contribution in [0.15, 0.2) is 18.2 Å². The average molecular weight is 237 g/mol. The summed E-state index contributed by atoms with van der Waals surface area (Å²) in [6, 6.07) is 4.59. The molecule has 0 saturated heterocycles. The number of nitrogens with two attached hydrogens (primary N) is 1. The van der Waals surface area contributed by atoms with Gasteiger partial charge in [0.2, 0.25) is 0 Å². The van der Waals surface area contributed by atoms with E-state index in [2.05, 4.69) is 13.8 Å². The molecule has 0 saturated carbocycles. The van der Waals surface area contributed by atoms with Crippen LogP contribution in [0.1, 0.15) is 44.7 Å². The van der Waals surface area contributed by atoms with Gasteiger partial charge < -0.3 is 10.5 Å². The van der Waals surface area contributed by atoms with Gasteiger partial charge in [-0.3, -0.25) is 0 Å². The van der Waals surface area contributed by atoms with Gasteiger partial charge in [-0.2, -0.15) is 0 Å². The summed E-state index contributed by atoms with van der Waals surface area (Å²) in [5, 5.41) is 0. The molecule has 2 atom stereocenters. The lowest BCUT2D eigenvalue weighted by Crippen LogP contribution is -2.35. The van der Waals surface area contributed by atoms with Gasteiger partial charge in [-0.25, -0.2) is 4.39 Å². The Kier molecular flexibility index (Phi) is 3.67. The number of ether oxygens (including phenoxy) is 1. The van der Waals surface area contributed by atoms with E-state index in [1.54, 1.807) is 6.07 Å². The summed E-state index contributed by atoms with van der Waals surface area (Å²) >= 11 is 0. The van der Waals surface area contributed by atoms with Crippen LogP contribution in [0.4, 0.5) is 4.39 Å². The minimum atomic E-state index is -0.263. The molecule has 0 amide bonds. The maximum atomic E-state index is 13.2. The Morgan fingerprint density at radius 3 is 2.76 bits per heavy atom. The molecule has 1 heterocycles. The molecule has 1 aromatic rings. The second-order valence-corrected chi connectivity index (χ2v) is 4.76. The number of hydrogen-bond acceptors (Lipinski definition) is 2. The third kappa shape index (κ3) is 2.44. The summed E-state index contributed by atoms with van der Waals surface area (Å²) in [5.41, 5.74) is 7.06. The molecule has 2 nitrogen and oxygen atoms in total. The molecule has 0 spiro atoms. The first-order valence-electron chi connectivity index (χ1n) is 6.37. The summed E-state index contributed by atoms with van der Waals surface area (Å²) in [6.45, 7) is 4.31. The van der Waals surface area contributed by atoms with Crippen LogP contribution >= 0.6 is 0 Å². The van der Waals surface area contributed by atoms with Gasteiger partial charge in [-0.15, -0.1) is 0 Å². The number of benzene rings is 1. The first-order valence-corrected chi connectivity index (χ1v) is 6.37. The standard InChI is InChI=1S/C14H20FNO/c1-3-9(4-2)13-8-12(16)11-6-5-10(15)7-14(11)17-13/h5-7,9,12-13H,3-4,8,16H2,1-2H3. The van der Waals surface area contributed by atoms with E-state index in [1.165, 1.54) is 12.1 Å². The second kappa shape index (κ2) is 5.05. The van der Waals surface area contributed by atoms with Gasteiger partial charge >= 0.3 is 0 Å². The molecular weight excluding hydrogens is 217 g/mol. The van der Waals surface area contributed by atoms with E-state index in [4.69, 9.17) is 10.5 Å². The van der Waals surface area contributed by atoms with E-state index in [-0.39, 0.29) is 18.0 Å². The van der Waals surface area contributed by atoms with Crippen LogP contribution in [0.3, 0.4) is 0 Å². The molecule has 1 aliphatic rings. The minimum Gasteiger partial charge on any atom is -0.490 e. The van der Waals surface area contributed by atoms with Gasteiger partial charge in [-0.05, 0) is 24.8 Å². The summed E-state index contributed by atoms with van der Waals surface area (Å²) in [5.74, 6) is 0.860. The fourth-order valence-corrected chi connectivity index (χ4v) is 2.61. The Balaban J connectivity index is 2.25. The maximum absolute atomic E-state index is 13.2. The van der Waals surface area contributed by atoms with Crippen LogP contribution in [-0.4, -0.2) is 6.10 Å². The van der Waals surface area contributed by atoms with Crippen LogP contribution in [0, 0.1) is 11.7 Å². The van der Waals surface area contributed by atoms with Crippen LogP contribution in [-0.2, 0) is 0 Å². The number of hydrogen-bond donors (Lipinski definition) is 1. The molecule has 0 radical (unpaired) electrons. The van der Waals surface area contributed by atoms with Crippen molar-refractivity contribution < 1.29 is 9.13 Å². The number of fused-ring (bicyclic) bond motifs is 1. The lowest BCUT2D eigenvalue weighted by atomic mass is 9.87. The lowest BCUT2D eigenvalue weighted by Gasteiger charge is -2.34. The first-order chi connectivity index (χ1) is 8.15. The zero-order valence-corrected chi connectivity index (χ0v) is 10.4. The van der Waals surface area contributed by atoms with Gasteiger partial charge in [0.1, 0.15) is 17.7 Å². The van der Waals surface area contributed by atoms with E-state index < -0.39 is 0 Å². The van der Waals surface area contributed by atoms with Crippen LogP contribution in [0.25, 0.3) is 0 Å². The number of halogens is 1. The highest BCUT2D eigenvalue weighted by atomic mass is 19.1. The first kappa shape index (κ1) is 12.4. The monoisotopic (exact) mass is 237 g/mol. The summed E-state index contributed by atoms with van der Waals surface area (Å²) < 4.78 is 19.1. The third-order valence-corrected chi connectivity index (χ3v) is 3.71. The largest absolute Gasteiger partial charge is 0.490 e. The SMILES string of the molecule is CCC(CC)C1CC(N)c2ccc(F)cc2O1. The highest BCUT2D eigenvalue weighted by Gasteiger charge is 2.30. The van der Waals surface area contributed by atoms with Crippen molar-refractivity contribution in [1.29, 1.82) is 0 Å². The summed E-state index contributed by atoms with van der Waals surface area (Å²) in [6.07, 6.45) is 3.08. The van der Waals surface area contributed by atoms with E-state index in [1.807, 2.05) is 0 Å². The molecule has 3 heteroatoms. The Bertz CT molecular complexity index is 390. The topological polar surface area (TPSA) is 35.2 Å². The molecule has 94 valence electrons. The fraction of sp³-hybridized carbons (Fsp3) is 0.571. The van der Waals surface area contributed by atoms with Crippen molar-refractivity contribution >= 4 is 0 Å². The summed E-state index contributed by atoms with van der Waals surface area (Å²) in [7, 11) is 0. The van der Waals surface area contributed by atoms with Gasteiger partial charge in [-0.1, -0.05) is 19.9 Å². The van der Waals surface area contributed by atoms with Crippen molar-refractivity contribution in [3.05, 3.63) is 29.6 Å². The molecule has 0 aromatic heterocycles. The van der Waals surface area contributed by atoms with Crippen LogP contribution < -0.4 is 10.5 Å². The molecule has 1 aromatic carbocycles. The Morgan fingerprint density at radius 1 is 1.41 bits per heavy atom. The van der Waals surface area contributed by atoms with E-state index in [9.17, 15) is 4.39 Å². The molecule has 2 N–H and O–H groups in total. The molecule has 0 bridgehead atoms. The van der Waals surface area contributed by atoms with Crippen molar-refractivity contribution in [2.24, 2.45) is 11.7 Å². The molecule has 1 aliphatic heterocycles. The summed E-state index contributed by atoms with van der Waals surface area (Å²) in [4.78, 5) is 0. The molecule has 2 rings (SSSR count). The quantitative estimate of drug-likeness (QED) is 0.874. The van der Waals surface area contributed by atoms with E-state index in [0.717, 1.165) is 24.8 Å². The Labute approximate surface area is 102 Å². The fourth-order valence-electron chi connectivity index (χ4n) is 2.61. The van der Waals surface area contributed by atoms with Crippen LogP contribution in [0.5, 0.6) is 5.75 Å². The maximum Gasteiger partial charge on any atom is 0.127 e. The molecular formula is C14H20FNO. The smallest absolute Gasteiger partial charge is 0.127 e. The molecule has 17 heavy (non-hydrogen) atoms. The normalized spacial score (nSPS) is 23.4. The molecule has 2 unspecified atom stereocenters. The third-order valence-electron chi connectivity index (χ3n) is 3.71. The lowest BCUT2D eigenvalue weighted by molar-refractivity contribution is 0.0939. The van der Waals surface area contributed by atoms with Gasteiger partial charge in [0, 0.05) is 24.1 Å². The van der Waals surface area contributed by atoms with Gasteiger partial charge in [0.25, 0.3) is 0 Å². The van der Waals surface area contributed by atoms with Crippen molar-refractivity contribution in [3.63, 3.8) is 0 Å². The van der Waals surface area contributed by atoms with E-state index in [0.29, 0.717) is 11.7 Å². The van der Waals surface area contributed by atoms with Crippen molar-refractivity contribution in [2.75, 3.05) is 0 Å². The molecule has 0 fully saturated rings. The predicted octanol–water partition coefficient (Wildman–Crippen LogP) is 3.41. The van der Waals surface area contributed by atoms with Crippen LogP contribution in [0.2, 0.25) is 0 Å². The van der Waals surface area contributed by atoms with Crippen molar-refractivity contribution in [2.45, 2.75) is 45.3 Å². The van der Waals surface area contributed by atoms with Gasteiger partial charge in [0.05, 0.1) is 0 Å². The Hall–Kier alpha value is -1.09. The Morgan fingerprint density at radius 2 is 2.12 bits per heavy atom. The van der Waals surface area contributed by atoms with Crippen molar-refractivity contribution in [1.82, 2.24) is 0 Å². The minimum absolute atomic E-state index is 0.0371. The second-order valence-electron chi connectivity index (χ2n) is 4.76. The zero-order chi connectivity index (χ0) is 12.4. The predicted molar refractivity (Wildman–Crippen MR) is 66.4 cm³/mol. The highest BCUT2D eigenvalue weighted by Crippen LogP contribution is 2.37. The van der Waals surface area contributed by atoms with Crippen molar-refractivity contribution in [3.8, 4) is 5.75 Å². The highest BCUT2D eigenvalue weighted by molar-refractivity contribution is 5.38. The number of rotatable bonds is 3.